The van der Waals surface area contributed by atoms with Crippen molar-refractivity contribution in [2.75, 3.05) is 19.8 Å². The van der Waals surface area contributed by atoms with Crippen LogP contribution in [0.25, 0.3) is 0 Å². The van der Waals surface area contributed by atoms with Gasteiger partial charge in [-0.1, -0.05) is 19.8 Å². The van der Waals surface area contributed by atoms with Gasteiger partial charge in [0.15, 0.2) is 0 Å². The summed E-state index contributed by atoms with van der Waals surface area (Å²) in [5, 5.41) is 3.10. The van der Waals surface area contributed by atoms with E-state index in [1.165, 1.54) is 32.1 Å². The van der Waals surface area contributed by atoms with Gasteiger partial charge in [0.2, 0.25) is 5.91 Å². The van der Waals surface area contributed by atoms with Gasteiger partial charge in [-0.05, 0) is 43.4 Å². The Morgan fingerprint density at radius 2 is 2.11 bits per heavy atom. The van der Waals surface area contributed by atoms with Gasteiger partial charge in [0.1, 0.15) is 0 Å². The lowest BCUT2D eigenvalue weighted by atomic mass is 9.66. The molecule has 0 aromatic rings. The third kappa shape index (κ3) is 3.69. The summed E-state index contributed by atoms with van der Waals surface area (Å²) < 4.78 is 5.32. The highest BCUT2D eigenvalue weighted by atomic mass is 16.5. The molecular weight excluding hydrogens is 240 g/mol. The van der Waals surface area contributed by atoms with Crippen LogP contribution in [0, 0.1) is 11.3 Å². The summed E-state index contributed by atoms with van der Waals surface area (Å²) in [6, 6.07) is -0.359. The Morgan fingerprint density at radius 3 is 2.63 bits per heavy atom. The maximum absolute atomic E-state index is 12.2. The first-order chi connectivity index (χ1) is 9.17. The number of amides is 1. The lowest BCUT2D eigenvalue weighted by molar-refractivity contribution is -0.125. The normalized spacial score (nSPS) is 24.5. The van der Waals surface area contributed by atoms with E-state index in [9.17, 15) is 4.79 Å². The molecule has 2 fully saturated rings. The van der Waals surface area contributed by atoms with Crippen molar-refractivity contribution < 1.29 is 9.53 Å². The van der Waals surface area contributed by atoms with E-state index in [1.54, 1.807) is 0 Å². The van der Waals surface area contributed by atoms with Gasteiger partial charge in [0.05, 0.1) is 6.04 Å². The molecule has 1 aliphatic heterocycles. The molecule has 1 saturated heterocycles. The van der Waals surface area contributed by atoms with E-state index < -0.39 is 0 Å². The van der Waals surface area contributed by atoms with E-state index in [1.807, 2.05) is 0 Å². The minimum absolute atomic E-state index is 0.0364. The average Bonchev–Trinajstić information content (AvgIpc) is 2.41. The molecule has 1 saturated carbocycles. The second-order valence-electron chi connectivity index (χ2n) is 6.30. The monoisotopic (exact) mass is 268 g/mol. The fourth-order valence-corrected chi connectivity index (χ4v) is 3.40. The van der Waals surface area contributed by atoms with Crippen molar-refractivity contribution in [1.29, 1.82) is 0 Å². The molecule has 3 N–H and O–H groups in total. The first-order valence-electron chi connectivity index (χ1n) is 7.78. The van der Waals surface area contributed by atoms with Crippen LogP contribution in [-0.4, -0.2) is 31.7 Å². The molecule has 4 heteroatoms. The van der Waals surface area contributed by atoms with Gasteiger partial charge in [0.25, 0.3) is 0 Å². The molecule has 1 amide bonds. The second kappa shape index (κ2) is 6.71. The number of rotatable bonds is 6. The Bertz CT molecular complexity index is 297. The number of hydrogen-bond acceptors (Lipinski definition) is 3. The molecule has 2 aliphatic rings. The second-order valence-corrected chi connectivity index (χ2v) is 6.30. The standard InChI is InChI=1S/C15H28N2O2/c1-2-6-15(7-3-8-15)11-17-14(18)13(16)12-4-9-19-10-5-12/h12-13H,2-11,16H2,1H3,(H,17,18). The lowest BCUT2D eigenvalue weighted by Crippen LogP contribution is -2.50. The van der Waals surface area contributed by atoms with Crippen molar-refractivity contribution in [2.24, 2.45) is 17.1 Å². The molecular formula is C15H28N2O2. The van der Waals surface area contributed by atoms with Crippen LogP contribution in [0.1, 0.15) is 51.9 Å². The maximum atomic E-state index is 12.2. The number of carbonyl (C=O) groups is 1. The Labute approximate surface area is 116 Å². The molecule has 19 heavy (non-hydrogen) atoms. The highest BCUT2D eigenvalue weighted by Crippen LogP contribution is 2.44. The highest BCUT2D eigenvalue weighted by molar-refractivity contribution is 5.81. The summed E-state index contributed by atoms with van der Waals surface area (Å²) >= 11 is 0. The van der Waals surface area contributed by atoms with E-state index in [2.05, 4.69) is 12.2 Å². The number of ether oxygens (including phenoxy) is 1. The highest BCUT2D eigenvalue weighted by Gasteiger charge is 2.37. The van der Waals surface area contributed by atoms with Crippen molar-refractivity contribution >= 4 is 5.91 Å². The topological polar surface area (TPSA) is 64.4 Å². The summed E-state index contributed by atoms with van der Waals surface area (Å²) in [4.78, 5) is 12.2. The first kappa shape index (κ1) is 14.8. The van der Waals surface area contributed by atoms with Crippen LogP contribution >= 0.6 is 0 Å². The molecule has 1 aliphatic carbocycles. The summed E-state index contributed by atoms with van der Waals surface area (Å²) in [6.45, 7) is 4.52. The Morgan fingerprint density at radius 1 is 1.42 bits per heavy atom. The van der Waals surface area contributed by atoms with Gasteiger partial charge >= 0.3 is 0 Å². The van der Waals surface area contributed by atoms with E-state index in [-0.39, 0.29) is 17.9 Å². The molecule has 0 spiro atoms. The van der Waals surface area contributed by atoms with Crippen molar-refractivity contribution in [1.82, 2.24) is 5.32 Å². The number of nitrogens with two attached hydrogens (primary N) is 1. The predicted octanol–water partition coefficient (Wildman–Crippen LogP) is 1.83. The maximum Gasteiger partial charge on any atom is 0.237 e. The summed E-state index contributed by atoms with van der Waals surface area (Å²) in [5.74, 6) is 0.326. The Balaban J connectivity index is 1.76. The molecule has 2 rings (SSSR count). The predicted molar refractivity (Wildman–Crippen MR) is 75.7 cm³/mol. The first-order valence-corrected chi connectivity index (χ1v) is 7.78. The Hall–Kier alpha value is -0.610. The molecule has 1 atom stereocenters. The average molecular weight is 268 g/mol. The third-order valence-electron chi connectivity index (χ3n) is 4.91. The van der Waals surface area contributed by atoms with E-state index >= 15 is 0 Å². The molecule has 0 bridgehead atoms. The Kier molecular flexibility index (Phi) is 5.22. The van der Waals surface area contributed by atoms with Gasteiger partial charge in [-0.3, -0.25) is 4.79 Å². The summed E-state index contributed by atoms with van der Waals surface area (Å²) in [7, 11) is 0. The summed E-state index contributed by atoms with van der Waals surface area (Å²) in [5.41, 5.74) is 6.46. The summed E-state index contributed by atoms with van der Waals surface area (Å²) in [6.07, 6.45) is 8.06. The fraction of sp³-hybridized carbons (Fsp3) is 0.933. The molecule has 1 unspecified atom stereocenters. The van der Waals surface area contributed by atoms with Gasteiger partial charge in [-0.25, -0.2) is 0 Å². The van der Waals surface area contributed by atoms with Crippen LogP contribution in [0.15, 0.2) is 0 Å². The molecule has 110 valence electrons. The zero-order chi connectivity index (χ0) is 13.7. The quantitative estimate of drug-likeness (QED) is 0.772. The molecule has 0 aromatic carbocycles. The van der Waals surface area contributed by atoms with Crippen LogP contribution in [0.2, 0.25) is 0 Å². The largest absolute Gasteiger partial charge is 0.381 e. The minimum atomic E-state index is -0.359. The van der Waals surface area contributed by atoms with Gasteiger partial charge in [0, 0.05) is 19.8 Å². The zero-order valence-corrected chi connectivity index (χ0v) is 12.1. The van der Waals surface area contributed by atoms with Crippen LogP contribution in [0.3, 0.4) is 0 Å². The van der Waals surface area contributed by atoms with Crippen molar-refractivity contribution in [2.45, 2.75) is 57.9 Å². The SMILES string of the molecule is CCCC1(CNC(=O)C(N)C2CCOCC2)CCC1. The minimum Gasteiger partial charge on any atom is -0.381 e. The van der Waals surface area contributed by atoms with Crippen molar-refractivity contribution in [3.8, 4) is 0 Å². The van der Waals surface area contributed by atoms with Gasteiger partial charge in [-0.15, -0.1) is 0 Å². The van der Waals surface area contributed by atoms with E-state index in [4.69, 9.17) is 10.5 Å². The van der Waals surface area contributed by atoms with Gasteiger partial charge < -0.3 is 15.8 Å². The smallest absolute Gasteiger partial charge is 0.237 e. The van der Waals surface area contributed by atoms with Crippen molar-refractivity contribution in [3.63, 3.8) is 0 Å². The lowest BCUT2D eigenvalue weighted by Gasteiger charge is -2.42. The van der Waals surface area contributed by atoms with E-state index in [0.717, 1.165) is 32.6 Å². The van der Waals surface area contributed by atoms with E-state index in [0.29, 0.717) is 5.41 Å². The number of hydrogen-bond donors (Lipinski definition) is 2. The van der Waals surface area contributed by atoms with Crippen molar-refractivity contribution in [3.05, 3.63) is 0 Å². The molecule has 4 nitrogen and oxygen atoms in total. The fourth-order valence-electron chi connectivity index (χ4n) is 3.40. The number of carbonyl (C=O) groups excluding carboxylic acids is 1. The zero-order valence-electron chi connectivity index (χ0n) is 12.1. The molecule has 0 aromatic heterocycles. The molecule has 1 heterocycles. The van der Waals surface area contributed by atoms with Crippen LogP contribution in [-0.2, 0) is 9.53 Å². The van der Waals surface area contributed by atoms with Crippen LogP contribution < -0.4 is 11.1 Å². The molecule has 0 radical (unpaired) electrons. The van der Waals surface area contributed by atoms with Crippen LogP contribution in [0.5, 0.6) is 0 Å². The van der Waals surface area contributed by atoms with Gasteiger partial charge in [-0.2, -0.15) is 0 Å². The third-order valence-corrected chi connectivity index (χ3v) is 4.91. The van der Waals surface area contributed by atoms with Crippen LogP contribution in [0.4, 0.5) is 0 Å². The number of nitrogens with one attached hydrogen (secondary N) is 1.